The van der Waals surface area contributed by atoms with E-state index in [-0.39, 0.29) is 10.8 Å². The smallest absolute Gasteiger partial charge is 0.251 e. The van der Waals surface area contributed by atoms with Crippen LogP contribution in [0.5, 0.6) is 0 Å². The fraction of sp³-hybridized carbons (Fsp3) is 0.682. The van der Waals surface area contributed by atoms with Crippen molar-refractivity contribution in [2.45, 2.75) is 69.3 Å². The van der Waals surface area contributed by atoms with Crippen LogP contribution in [0.1, 0.15) is 68.6 Å². The van der Waals surface area contributed by atoms with E-state index < -0.39 is 10.0 Å². The maximum atomic E-state index is 12.8. The molecule has 1 aliphatic heterocycles. The first-order chi connectivity index (χ1) is 14.0. The number of nitrogens with zero attached hydrogens (tertiary/aromatic N) is 1. The highest BCUT2D eigenvalue weighted by molar-refractivity contribution is 7.89. The van der Waals surface area contributed by atoms with Gasteiger partial charge < -0.3 is 10.1 Å². The van der Waals surface area contributed by atoms with Crippen molar-refractivity contribution in [1.82, 2.24) is 9.62 Å². The SMILES string of the molecule is CC1CCCCC1OCCNC(=O)c1ccc(S(=O)(=O)N2CCCCCC2)cc1. The number of ether oxygens (including phenoxy) is 1. The van der Waals surface area contributed by atoms with Crippen molar-refractivity contribution >= 4 is 15.9 Å². The number of carbonyl (C=O) groups is 1. The van der Waals surface area contributed by atoms with Gasteiger partial charge in [0.1, 0.15) is 0 Å². The molecule has 1 aromatic carbocycles. The van der Waals surface area contributed by atoms with Crippen molar-refractivity contribution in [2.24, 2.45) is 5.92 Å². The first-order valence-corrected chi connectivity index (χ1v) is 12.4. The number of rotatable bonds is 7. The highest BCUT2D eigenvalue weighted by Gasteiger charge is 2.25. The summed E-state index contributed by atoms with van der Waals surface area (Å²) in [5.74, 6) is 0.377. The van der Waals surface area contributed by atoms with Gasteiger partial charge in [0.25, 0.3) is 5.91 Å². The maximum Gasteiger partial charge on any atom is 0.251 e. The Kier molecular flexibility index (Phi) is 8.09. The van der Waals surface area contributed by atoms with E-state index in [1.54, 1.807) is 16.4 Å². The van der Waals surface area contributed by atoms with E-state index in [2.05, 4.69) is 12.2 Å². The Bertz CT molecular complexity index is 756. The molecule has 0 bridgehead atoms. The lowest BCUT2D eigenvalue weighted by Gasteiger charge is -2.28. The molecule has 1 heterocycles. The van der Waals surface area contributed by atoms with Crippen molar-refractivity contribution in [3.8, 4) is 0 Å². The molecule has 1 saturated carbocycles. The van der Waals surface area contributed by atoms with E-state index in [0.29, 0.717) is 43.8 Å². The summed E-state index contributed by atoms with van der Waals surface area (Å²) in [5, 5.41) is 2.86. The Morgan fingerprint density at radius 2 is 1.69 bits per heavy atom. The Morgan fingerprint density at radius 3 is 2.34 bits per heavy atom. The zero-order valence-electron chi connectivity index (χ0n) is 17.4. The first kappa shape index (κ1) is 22.2. The molecule has 1 aliphatic carbocycles. The summed E-state index contributed by atoms with van der Waals surface area (Å²) in [6.07, 6.45) is 9.07. The van der Waals surface area contributed by atoms with Crippen LogP contribution in [0.2, 0.25) is 0 Å². The normalized spacial score (nSPS) is 24.0. The van der Waals surface area contributed by atoms with Crippen molar-refractivity contribution in [3.63, 3.8) is 0 Å². The fourth-order valence-electron chi connectivity index (χ4n) is 4.22. The lowest BCUT2D eigenvalue weighted by atomic mass is 9.88. The summed E-state index contributed by atoms with van der Waals surface area (Å²) in [7, 11) is -3.48. The third kappa shape index (κ3) is 6.03. The molecule has 0 spiro atoms. The lowest BCUT2D eigenvalue weighted by molar-refractivity contribution is -0.00293. The van der Waals surface area contributed by atoms with Gasteiger partial charge in [-0.05, 0) is 55.9 Å². The van der Waals surface area contributed by atoms with Gasteiger partial charge in [-0.2, -0.15) is 4.31 Å². The number of amides is 1. The average Bonchev–Trinajstić information content (AvgIpc) is 3.02. The molecule has 2 aliphatic rings. The molecule has 3 rings (SSSR count). The minimum atomic E-state index is -3.48. The fourth-order valence-corrected chi connectivity index (χ4v) is 5.73. The largest absolute Gasteiger partial charge is 0.376 e. The highest BCUT2D eigenvalue weighted by atomic mass is 32.2. The predicted octanol–water partition coefficient (Wildman–Crippen LogP) is 3.58. The molecule has 1 aromatic rings. The molecule has 1 N–H and O–H groups in total. The molecule has 0 radical (unpaired) electrons. The van der Waals surface area contributed by atoms with Crippen molar-refractivity contribution < 1.29 is 17.9 Å². The summed E-state index contributed by atoms with van der Waals surface area (Å²) >= 11 is 0. The van der Waals surface area contributed by atoms with Crippen LogP contribution in [-0.4, -0.2) is 51.0 Å². The van der Waals surface area contributed by atoms with E-state index in [1.807, 2.05) is 0 Å². The minimum Gasteiger partial charge on any atom is -0.376 e. The molecule has 162 valence electrons. The van der Waals surface area contributed by atoms with Gasteiger partial charge >= 0.3 is 0 Å². The van der Waals surface area contributed by atoms with Crippen LogP contribution in [0.25, 0.3) is 0 Å². The molecular weight excluding hydrogens is 388 g/mol. The molecule has 2 unspecified atom stereocenters. The van der Waals surface area contributed by atoms with Gasteiger partial charge in [0.15, 0.2) is 0 Å². The van der Waals surface area contributed by atoms with Crippen LogP contribution in [0.4, 0.5) is 0 Å². The topological polar surface area (TPSA) is 75.7 Å². The molecular formula is C22H34N2O4S. The second-order valence-corrected chi connectivity index (χ2v) is 10.2. The Balaban J connectivity index is 1.49. The van der Waals surface area contributed by atoms with E-state index in [4.69, 9.17) is 4.74 Å². The van der Waals surface area contributed by atoms with Gasteiger partial charge in [-0.3, -0.25) is 4.79 Å². The Hall–Kier alpha value is -1.44. The summed E-state index contributed by atoms with van der Waals surface area (Å²) in [6.45, 7) is 4.33. The lowest BCUT2D eigenvalue weighted by Crippen LogP contribution is -2.32. The van der Waals surface area contributed by atoms with Crippen molar-refractivity contribution in [3.05, 3.63) is 29.8 Å². The van der Waals surface area contributed by atoms with E-state index in [1.165, 1.54) is 31.4 Å². The predicted molar refractivity (Wildman–Crippen MR) is 113 cm³/mol. The van der Waals surface area contributed by atoms with Crippen molar-refractivity contribution in [2.75, 3.05) is 26.2 Å². The number of nitrogens with one attached hydrogen (secondary N) is 1. The zero-order chi connectivity index (χ0) is 20.7. The van der Waals surface area contributed by atoms with Gasteiger partial charge in [0.05, 0.1) is 17.6 Å². The Morgan fingerprint density at radius 1 is 1.03 bits per heavy atom. The maximum absolute atomic E-state index is 12.8. The third-order valence-corrected chi connectivity index (χ3v) is 7.98. The molecule has 2 fully saturated rings. The number of carbonyl (C=O) groups excluding carboxylic acids is 1. The van der Waals surface area contributed by atoms with Crippen LogP contribution in [-0.2, 0) is 14.8 Å². The van der Waals surface area contributed by atoms with Crippen LogP contribution in [0, 0.1) is 5.92 Å². The number of benzene rings is 1. The zero-order valence-corrected chi connectivity index (χ0v) is 18.3. The summed E-state index contributed by atoms with van der Waals surface area (Å²) < 4.78 is 33.1. The molecule has 2 atom stereocenters. The van der Waals surface area contributed by atoms with Crippen LogP contribution in [0.3, 0.4) is 0 Å². The van der Waals surface area contributed by atoms with Crippen LogP contribution >= 0.6 is 0 Å². The van der Waals surface area contributed by atoms with Crippen LogP contribution in [0.15, 0.2) is 29.2 Å². The van der Waals surface area contributed by atoms with Gasteiger partial charge in [0, 0.05) is 25.2 Å². The number of sulfonamides is 1. The van der Waals surface area contributed by atoms with E-state index in [9.17, 15) is 13.2 Å². The van der Waals surface area contributed by atoms with Crippen LogP contribution < -0.4 is 5.32 Å². The summed E-state index contributed by atoms with van der Waals surface area (Å²) in [6, 6.07) is 6.25. The summed E-state index contributed by atoms with van der Waals surface area (Å²) in [4.78, 5) is 12.6. The number of hydrogen-bond donors (Lipinski definition) is 1. The minimum absolute atomic E-state index is 0.205. The van der Waals surface area contributed by atoms with E-state index in [0.717, 1.165) is 32.1 Å². The van der Waals surface area contributed by atoms with Crippen molar-refractivity contribution in [1.29, 1.82) is 0 Å². The molecule has 6 nitrogen and oxygen atoms in total. The standard InChI is InChI=1S/C22H34N2O4S/c1-18-8-4-5-9-21(18)28-17-14-23-22(25)19-10-12-20(13-11-19)29(26,27)24-15-6-2-3-7-16-24/h10-13,18,21H,2-9,14-17H2,1H3,(H,23,25). The second kappa shape index (κ2) is 10.5. The molecule has 7 heteroatoms. The van der Waals surface area contributed by atoms with Gasteiger partial charge in [-0.25, -0.2) is 8.42 Å². The average molecular weight is 423 g/mol. The first-order valence-electron chi connectivity index (χ1n) is 11.0. The second-order valence-electron chi connectivity index (χ2n) is 8.27. The quantitative estimate of drug-likeness (QED) is 0.682. The molecule has 1 saturated heterocycles. The Labute approximate surface area is 175 Å². The third-order valence-electron chi connectivity index (χ3n) is 6.07. The summed E-state index contributed by atoms with van der Waals surface area (Å²) in [5.41, 5.74) is 0.464. The highest BCUT2D eigenvalue weighted by Crippen LogP contribution is 2.26. The van der Waals surface area contributed by atoms with Gasteiger partial charge in [0.2, 0.25) is 10.0 Å². The van der Waals surface area contributed by atoms with E-state index >= 15 is 0 Å². The number of hydrogen-bond acceptors (Lipinski definition) is 4. The molecule has 1 amide bonds. The molecule has 0 aromatic heterocycles. The van der Waals surface area contributed by atoms with Gasteiger partial charge in [-0.1, -0.05) is 32.6 Å². The van der Waals surface area contributed by atoms with Gasteiger partial charge in [-0.15, -0.1) is 0 Å². The molecule has 29 heavy (non-hydrogen) atoms. The monoisotopic (exact) mass is 422 g/mol.